The molecule has 2 fully saturated rings. The first kappa shape index (κ1) is 21.3. The normalized spacial score (nSPS) is 18.0. The molecule has 4 nitrogen and oxygen atoms in total. The number of likely N-dealkylation sites (tertiary alicyclic amines) is 1. The smallest absolute Gasteiger partial charge is 0.232 e. The zero-order chi connectivity index (χ0) is 20.8. The van der Waals surface area contributed by atoms with E-state index < -0.39 is 0 Å². The molecule has 0 aromatic heterocycles. The number of aryl methyl sites for hydroxylation is 1. The number of amides is 2. The molecule has 0 aliphatic carbocycles. The van der Waals surface area contributed by atoms with Crippen LogP contribution in [0.4, 0.5) is 0 Å². The third-order valence-electron chi connectivity index (χ3n) is 5.95. The zero-order valence-corrected chi connectivity index (χ0v) is 18.8. The summed E-state index contributed by atoms with van der Waals surface area (Å²) in [6.07, 6.45) is 3.09. The fourth-order valence-corrected chi connectivity index (χ4v) is 6.56. The molecule has 0 atom stereocenters. The summed E-state index contributed by atoms with van der Waals surface area (Å²) in [6.45, 7) is 2.31. The van der Waals surface area contributed by atoms with Crippen molar-refractivity contribution in [2.24, 2.45) is 0 Å². The van der Waals surface area contributed by atoms with E-state index in [1.165, 1.54) is 5.56 Å². The summed E-state index contributed by atoms with van der Waals surface area (Å²) in [7, 11) is 0. The summed E-state index contributed by atoms with van der Waals surface area (Å²) in [6, 6.07) is 20.3. The van der Waals surface area contributed by atoms with Crippen molar-refractivity contribution in [1.82, 2.24) is 9.80 Å². The van der Waals surface area contributed by atoms with Crippen LogP contribution in [-0.4, -0.2) is 57.6 Å². The first-order valence-corrected chi connectivity index (χ1v) is 12.6. The van der Waals surface area contributed by atoms with Crippen LogP contribution < -0.4 is 0 Å². The highest BCUT2D eigenvalue weighted by molar-refractivity contribution is 8.01. The van der Waals surface area contributed by atoms with E-state index in [1.54, 1.807) is 11.8 Å². The van der Waals surface area contributed by atoms with Gasteiger partial charge in [0.1, 0.15) is 0 Å². The maximum atomic E-state index is 13.0. The predicted octanol–water partition coefficient (Wildman–Crippen LogP) is 4.31. The van der Waals surface area contributed by atoms with E-state index in [1.807, 2.05) is 65.2 Å². The summed E-state index contributed by atoms with van der Waals surface area (Å²) in [4.78, 5) is 30.8. The van der Waals surface area contributed by atoms with Crippen molar-refractivity contribution in [3.8, 4) is 0 Å². The van der Waals surface area contributed by atoms with Gasteiger partial charge in [0.05, 0.1) is 10.6 Å². The molecule has 2 saturated heterocycles. The van der Waals surface area contributed by atoms with Crippen LogP contribution in [0.2, 0.25) is 0 Å². The van der Waals surface area contributed by atoms with Gasteiger partial charge in [-0.15, -0.1) is 23.5 Å². The van der Waals surface area contributed by atoms with E-state index in [2.05, 4.69) is 17.0 Å². The number of hydrogen-bond donors (Lipinski definition) is 0. The van der Waals surface area contributed by atoms with Gasteiger partial charge in [-0.3, -0.25) is 9.59 Å². The van der Waals surface area contributed by atoms with E-state index in [9.17, 15) is 9.59 Å². The maximum absolute atomic E-state index is 13.0. The monoisotopic (exact) mass is 440 g/mol. The Morgan fingerprint density at radius 1 is 0.900 bits per heavy atom. The molecule has 1 spiro atoms. The van der Waals surface area contributed by atoms with Crippen molar-refractivity contribution in [2.75, 3.05) is 31.1 Å². The quantitative estimate of drug-likeness (QED) is 0.628. The first-order chi connectivity index (χ1) is 14.7. The summed E-state index contributed by atoms with van der Waals surface area (Å²) >= 11 is 3.50. The minimum absolute atomic E-state index is 0.114. The van der Waals surface area contributed by atoms with Crippen LogP contribution in [0.1, 0.15) is 24.8 Å². The van der Waals surface area contributed by atoms with Crippen LogP contribution in [-0.2, 0) is 16.0 Å². The fourth-order valence-electron chi connectivity index (χ4n) is 4.26. The minimum atomic E-state index is -0.114. The van der Waals surface area contributed by atoms with E-state index in [0.29, 0.717) is 12.2 Å². The lowest BCUT2D eigenvalue weighted by molar-refractivity contribution is -0.136. The van der Waals surface area contributed by atoms with Gasteiger partial charge >= 0.3 is 0 Å². The van der Waals surface area contributed by atoms with Crippen molar-refractivity contribution in [1.29, 1.82) is 0 Å². The SMILES string of the molecule is O=C(CSc1ccccc1)N1CCC2(CC1)SCCN2C(=O)CCc1ccccc1. The molecule has 0 radical (unpaired) electrons. The molecular formula is C24H28N2O2S2. The number of benzene rings is 2. The number of nitrogens with zero attached hydrogens (tertiary/aromatic N) is 2. The Hall–Kier alpha value is -1.92. The van der Waals surface area contributed by atoms with Crippen molar-refractivity contribution in [3.05, 3.63) is 66.2 Å². The maximum Gasteiger partial charge on any atom is 0.232 e. The third-order valence-corrected chi connectivity index (χ3v) is 8.50. The second-order valence-corrected chi connectivity index (χ2v) is 10.3. The van der Waals surface area contributed by atoms with Crippen LogP contribution in [0.5, 0.6) is 0 Å². The van der Waals surface area contributed by atoms with Crippen LogP contribution >= 0.6 is 23.5 Å². The standard InChI is InChI=1S/C24H28N2O2S2/c27-22(12-11-20-7-3-1-4-8-20)26-17-18-30-24(26)13-15-25(16-14-24)23(28)19-29-21-9-5-2-6-10-21/h1-10H,11-19H2. The summed E-state index contributed by atoms with van der Waals surface area (Å²) in [5.41, 5.74) is 1.21. The molecule has 2 heterocycles. The van der Waals surface area contributed by atoms with Gasteiger partial charge in [0.25, 0.3) is 0 Å². The van der Waals surface area contributed by atoms with Gasteiger partial charge in [-0.2, -0.15) is 0 Å². The zero-order valence-electron chi connectivity index (χ0n) is 17.2. The molecule has 158 valence electrons. The highest BCUT2D eigenvalue weighted by Gasteiger charge is 2.46. The van der Waals surface area contributed by atoms with Crippen LogP contribution in [0.25, 0.3) is 0 Å². The molecule has 0 saturated carbocycles. The molecule has 0 N–H and O–H groups in total. The van der Waals surface area contributed by atoms with Crippen molar-refractivity contribution in [3.63, 3.8) is 0 Å². The first-order valence-electron chi connectivity index (χ1n) is 10.6. The Morgan fingerprint density at radius 3 is 2.27 bits per heavy atom. The summed E-state index contributed by atoms with van der Waals surface area (Å²) in [5.74, 6) is 1.92. The lowest BCUT2D eigenvalue weighted by atomic mass is 10.0. The van der Waals surface area contributed by atoms with Gasteiger partial charge in [-0.05, 0) is 37.0 Å². The van der Waals surface area contributed by atoms with Crippen LogP contribution in [0.15, 0.2) is 65.6 Å². The van der Waals surface area contributed by atoms with Crippen LogP contribution in [0, 0.1) is 0 Å². The number of hydrogen-bond acceptors (Lipinski definition) is 4. The van der Waals surface area contributed by atoms with Gasteiger partial charge in [0, 0.05) is 36.7 Å². The number of piperidine rings is 1. The van der Waals surface area contributed by atoms with Gasteiger partial charge in [-0.1, -0.05) is 48.5 Å². The summed E-state index contributed by atoms with van der Waals surface area (Å²) < 4.78 is 0. The second kappa shape index (κ2) is 9.92. The molecule has 6 heteroatoms. The molecule has 2 aliphatic heterocycles. The van der Waals surface area contributed by atoms with Gasteiger partial charge in [-0.25, -0.2) is 0 Å². The average molecular weight is 441 g/mol. The molecule has 4 rings (SSSR count). The predicted molar refractivity (Wildman–Crippen MR) is 125 cm³/mol. The molecule has 2 aromatic carbocycles. The summed E-state index contributed by atoms with van der Waals surface area (Å²) in [5, 5.41) is 0. The Bertz CT molecular complexity index is 852. The van der Waals surface area contributed by atoms with E-state index in [-0.39, 0.29) is 16.7 Å². The number of thioether (sulfide) groups is 2. The fraction of sp³-hybridized carbons (Fsp3) is 0.417. The van der Waals surface area contributed by atoms with E-state index in [0.717, 1.165) is 49.5 Å². The van der Waals surface area contributed by atoms with Crippen LogP contribution in [0.3, 0.4) is 0 Å². The number of carbonyl (C=O) groups is 2. The highest BCUT2D eigenvalue weighted by Crippen LogP contribution is 2.44. The van der Waals surface area contributed by atoms with Gasteiger partial charge < -0.3 is 9.80 Å². The Morgan fingerprint density at radius 2 is 1.57 bits per heavy atom. The van der Waals surface area contributed by atoms with Crippen molar-refractivity contribution >= 4 is 35.3 Å². The molecule has 2 aliphatic rings. The molecule has 2 amide bonds. The minimum Gasteiger partial charge on any atom is -0.342 e. The second-order valence-electron chi connectivity index (χ2n) is 7.81. The molecule has 0 bridgehead atoms. The Kier molecular flexibility index (Phi) is 7.05. The topological polar surface area (TPSA) is 40.6 Å². The Balaban J connectivity index is 1.28. The lowest BCUT2D eigenvalue weighted by Gasteiger charge is -2.44. The molecule has 30 heavy (non-hydrogen) atoms. The molecule has 2 aromatic rings. The highest BCUT2D eigenvalue weighted by atomic mass is 32.2. The van der Waals surface area contributed by atoms with Crippen molar-refractivity contribution in [2.45, 2.75) is 35.4 Å². The van der Waals surface area contributed by atoms with Gasteiger partial charge in [0.2, 0.25) is 11.8 Å². The van der Waals surface area contributed by atoms with E-state index in [4.69, 9.17) is 0 Å². The number of rotatable bonds is 6. The van der Waals surface area contributed by atoms with E-state index >= 15 is 0 Å². The molecular weight excluding hydrogens is 412 g/mol. The lowest BCUT2D eigenvalue weighted by Crippen LogP contribution is -2.53. The largest absolute Gasteiger partial charge is 0.342 e. The Labute approximate surface area is 187 Å². The van der Waals surface area contributed by atoms with Gasteiger partial charge in [0.15, 0.2) is 0 Å². The third kappa shape index (κ3) is 5.03. The van der Waals surface area contributed by atoms with Crippen molar-refractivity contribution < 1.29 is 9.59 Å². The number of carbonyl (C=O) groups excluding carboxylic acids is 2. The average Bonchev–Trinajstić information content (AvgIpc) is 3.20. The molecule has 0 unspecified atom stereocenters.